The van der Waals surface area contributed by atoms with Crippen LogP contribution in [0.1, 0.15) is 48.7 Å². The van der Waals surface area contributed by atoms with Crippen molar-refractivity contribution in [1.29, 1.82) is 0 Å². The molecule has 5 nitrogen and oxygen atoms in total. The summed E-state index contributed by atoms with van der Waals surface area (Å²) < 4.78 is 1.92. The van der Waals surface area contributed by atoms with Crippen molar-refractivity contribution in [2.24, 2.45) is 12.0 Å². The molecule has 0 amide bonds. The van der Waals surface area contributed by atoms with Crippen LogP contribution in [0, 0.1) is 13.8 Å². The zero-order valence-corrected chi connectivity index (χ0v) is 20.3. The SMILES string of the molecule is CCNC(=NCc1c(C)nn(C)c1C)NCC1(c2ccc(Cl)cc2)CCC1.I. The van der Waals surface area contributed by atoms with Gasteiger partial charge >= 0.3 is 0 Å². The van der Waals surface area contributed by atoms with Crippen LogP contribution in [0.4, 0.5) is 0 Å². The first-order chi connectivity index (χ1) is 12.9. The Morgan fingerprint density at radius 2 is 1.89 bits per heavy atom. The van der Waals surface area contributed by atoms with E-state index in [1.165, 1.54) is 36.1 Å². The summed E-state index contributed by atoms with van der Waals surface area (Å²) >= 11 is 6.07. The van der Waals surface area contributed by atoms with Gasteiger partial charge in [0.25, 0.3) is 0 Å². The maximum Gasteiger partial charge on any atom is 0.191 e. The van der Waals surface area contributed by atoms with Gasteiger partial charge in [-0.2, -0.15) is 5.10 Å². The molecule has 0 unspecified atom stereocenters. The molecule has 7 heteroatoms. The Kier molecular flexibility index (Phi) is 8.18. The van der Waals surface area contributed by atoms with E-state index >= 15 is 0 Å². The van der Waals surface area contributed by atoms with Gasteiger partial charge in [0.05, 0.1) is 12.2 Å². The maximum atomic E-state index is 6.07. The molecule has 0 saturated heterocycles. The monoisotopic (exact) mass is 515 g/mol. The Morgan fingerprint density at radius 3 is 2.39 bits per heavy atom. The van der Waals surface area contributed by atoms with E-state index in [4.69, 9.17) is 16.6 Å². The third kappa shape index (κ3) is 5.00. The Labute approximate surface area is 190 Å². The maximum absolute atomic E-state index is 6.07. The number of nitrogens with zero attached hydrogens (tertiary/aromatic N) is 3. The molecule has 3 rings (SSSR count). The van der Waals surface area contributed by atoms with E-state index < -0.39 is 0 Å². The molecular formula is C21H31ClIN5. The molecule has 2 N–H and O–H groups in total. The highest BCUT2D eigenvalue weighted by Crippen LogP contribution is 2.43. The Morgan fingerprint density at radius 1 is 1.21 bits per heavy atom. The number of halogens is 2. The van der Waals surface area contributed by atoms with Crippen molar-refractivity contribution in [3.63, 3.8) is 0 Å². The number of nitrogens with one attached hydrogen (secondary N) is 2. The van der Waals surface area contributed by atoms with Crippen LogP contribution in [0.2, 0.25) is 5.02 Å². The van der Waals surface area contributed by atoms with Gasteiger partial charge < -0.3 is 10.6 Å². The lowest BCUT2D eigenvalue weighted by atomic mass is 9.64. The molecule has 0 radical (unpaired) electrons. The van der Waals surface area contributed by atoms with Crippen molar-refractivity contribution in [2.45, 2.75) is 52.0 Å². The molecule has 1 fully saturated rings. The zero-order chi connectivity index (χ0) is 19.4. The van der Waals surface area contributed by atoms with Crippen LogP contribution in [0.3, 0.4) is 0 Å². The van der Waals surface area contributed by atoms with Crippen LogP contribution in [-0.4, -0.2) is 28.8 Å². The molecule has 28 heavy (non-hydrogen) atoms. The van der Waals surface area contributed by atoms with Crippen LogP contribution in [0.25, 0.3) is 0 Å². The van der Waals surface area contributed by atoms with Crippen molar-refractivity contribution >= 4 is 41.5 Å². The number of rotatable bonds is 6. The highest BCUT2D eigenvalue weighted by molar-refractivity contribution is 14.0. The zero-order valence-electron chi connectivity index (χ0n) is 17.2. The number of hydrogen-bond donors (Lipinski definition) is 2. The smallest absolute Gasteiger partial charge is 0.191 e. The molecule has 2 aromatic rings. The van der Waals surface area contributed by atoms with Gasteiger partial charge in [0, 0.05) is 41.8 Å². The van der Waals surface area contributed by atoms with E-state index in [2.05, 4.69) is 41.7 Å². The van der Waals surface area contributed by atoms with E-state index in [-0.39, 0.29) is 29.4 Å². The van der Waals surface area contributed by atoms with E-state index in [0.29, 0.717) is 6.54 Å². The summed E-state index contributed by atoms with van der Waals surface area (Å²) in [6, 6.07) is 8.31. The Hall–Kier alpha value is -1.28. The number of guanidine groups is 1. The summed E-state index contributed by atoms with van der Waals surface area (Å²) in [5.41, 5.74) is 4.96. The standard InChI is InChI=1S/C21H30ClN5.HI/c1-5-23-20(24-13-19-15(2)26-27(4)16(19)3)25-14-21(11-6-12-21)17-7-9-18(22)10-8-17;/h7-10H,5-6,11-14H2,1-4H3,(H2,23,24,25);1H. The van der Waals surface area contributed by atoms with Gasteiger partial charge in [-0.05, 0) is 51.3 Å². The topological polar surface area (TPSA) is 54.2 Å². The van der Waals surface area contributed by atoms with Crippen LogP contribution < -0.4 is 10.6 Å². The highest BCUT2D eigenvalue weighted by Gasteiger charge is 2.38. The molecule has 0 bridgehead atoms. The summed E-state index contributed by atoms with van der Waals surface area (Å²) in [5, 5.41) is 12.2. The molecule has 1 heterocycles. The second-order valence-corrected chi connectivity index (χ2v) is 7.90. The molecule has 1 aromatic heterocycles. The first-order valence-electron chi connectivity index (χ1n) is 9.72. The first kappa shape index (κ1) is 23.0. The lowest BCUT2D eigenvalue weighted by molar-refractivity contribution is 0.244. The fraction of sp³-hybridized carbons (Fsp3) is 0.524. The number of aromatic nitrogens is 2. The Bertz CT molecular complexity index is 809. The van der Waals surface area contributed by atoms with Crippen LogP contribution in [0.5, 0.6) is 0 Å². The number of aryl methyl sites for hydroxylation is 2. The average molecular weight is 516 g/mol. The molecule has 0 atom stereocenters. The first-order valence-corrected chi connectivity index (χ1v) is 10.1. The van der Waals surface area contributed by atoms with Crippen molar-refractivity contribution in [2.75, 3.05) is 13.1 Å². The minimum absolute atomic E-state index is 0. The summed E-state index contributed by atoms with van der Waals surface area (Å²) in [4.78, 5) is 4.81. The van der Waals surface area contributed by atoms with Crippen molar-refractivity contribution in [3.8, 4) is 0 Å². The molecule has 0 aliphatic heterocycles. The second kappa shape index (κ2) is 9.96. The summed E-state index contributed by atoms with van der Waals surface area (Å²) in [7, 11) is 1.98. The number of benzene rings is 1. The predicted octanol–water partition coefficient (Wildman–Crippen LogP) is 4.49. The van der Waals surface area contributed by atoms with E-state index in [1.807, 2.05) is 30.8 Å². The minimum atomic E-state index is 0. The molecule has 0 spiro atoms. The highest BCUT2D eigenvalue weighted by atomic mass is 127. The molecule has 154 valence electrons. The minimum Gasteiger partial charge on any atom is -0.357 e. The second-order valence-electron chi connectivity index (χ2n) is 7.46. The largest absolute Gasteiger partial charge is 0.357 e. The summed E-state index contributed by atoms with van der Waals surface area (Å²) in [5.74, 6) is 0.861. The molecule has 1 aliphatic rings. The normalized spacial score (nSPS) is 15.5. The van der Waals surface area contributed by atoms with Gasteiger partial charge in [0.1, 0.15) is 0 Å². The average Bonchev–Trinajstić information content (AvgIpc) is 2.85. The number of aliphatic imine (C=N–C) groups is 1. The third-order valence-corrected chi connectivity index (χ3v) is 6.01. The van der Waals surface area contributed by atoms with Crippen molar-refractivity contribution in [1.82, 2.24) is 20.4 Å². The summed E-state index contributed by atoms with van der Waals surface area (Å²) in [6.07, 6.45) is 3.66. The number of hydrogen-bond acceptors (Lipinski definition) is 2. The van der Waals surface area contributed by atoms with Gasteiger partial charge in [-0.15, -0.1) is 24.0 Å². The summed E-state index contributed by atoms with van der Waals surface area (Å²) in [6.45, 7) is 8.58. The fourth-order valence-electron chi connectivity index (χ4n) is 3.77. The lowest BCUT2D eigenvalue weighted by Gasteiger charge is -2.43. The van der Waals surface area contributed by atoms with Crippen LogP contribution in [0.15, 0.2) is 29.3 Å². The van der Waals surface area contributed by atoms with Crippen LogP contribution in [-0.2, 0) is 19.0 Å². The van der Waals surface area contributed by atoms with E-state index in [1.54, 1.807) is 0 Å². The quantitative estimate of drug-likeness (QED) is 0.339. The molecule has 1 aromatic carbocycles. The van der Waals surface area contributed by atoms with Gasteiger partial charge in [0.2, 0.25) is 0 Å². The van der Waals surface area contributed by atoms with Crippen LogP contribution >= 0.6 is 35.6 Å². The molecule has 1 saturated carbocycles. The third-order valence-electron chi connectivity index (χ3n) is 5.76. The van der Waals surface area contributed by atoms with E-state index in [0.717, 1.165) is 29.8 Å². The lowest BCUT2D eigenvalue weighted by Crippen LogP contribution is -2.48. The van der Waals surface area contributed by atoms with Gasteiger partial charge in [-0.3, -0.25) is 4.68 Å². The molecular weight excluding hydrogens is 485 g/mol. The molecule has 1 aliphatic carbocycles. The van der Waals surface area contributed by atoms with E-state index in [9.17, 15) is 0 Å². The van der Waals surface area contributed by atoms with Crippen molar-refractivity contribution in [3.05, 3.63) is 51.8 Å². The van der Waals surface area contributed by atoms with Gasteiger partial charge in [-0.25, -0.2) is 4.99 Å². The Balaban J connectivity index is 0.00000280. The van der Waals surface area contributed by atoms with Gasteiger partial charge in [0.15, 0.2) is 5.96 Å². The van der Waals surface area contributed by atoms with Crippen molar-refractivity contribution < 1.29 is 0 Å². The fourth-order valence-corrected chi connectivity index (χ4v) is 3.90. The predicted molar refractivity (Wildman–Crippen MR) is 128 cm³/mol. The van der Waals surface area contributed by atoms with Gasteiger partial charge in [-0.1, -0.05) is 30.2 Å².